The van der Waals surface area contributed by atoms with Crippen molar-refractivity contribution in [2.45, 2.75) is 45.8 Å². The first-order valence-electron chi connectivity index (χ1n) is 10.4. The maximum absolute atomic E-state index is 12.5. The van der Waals surface area contributed by atoms with Crippen LogP contribution in [0.15, 0.2) is 0 Å². The summed E-state index contributed by atoms with van der Waals surface area (Å²) in [6.45, 7) is 15.4. The van der Waals surface area contributed by atoms with Gasteiger partial charge < -0.3 is 28.6 Å². The minimum Gasteiger partial charge on any atom is -0.379 e. The third-order valence-electron chi connectivity index (χ3n) is 4.55. The first-order valence-corrected chi connectivity index (χ1v) is 11.8. The molecule has 0 bridgehead atoms. The number of amides is 1. The Hall–Kier alpha value is -0.860. The van der Waals surface area contributed by atoms with E-state index in [1.807, 2.05) is 34.6 Å². The highest BCUT2D eigenvalue weighted by Crippen LogP contribution is 2.39. The van der Waals surface area contributed by atoms with E-state index in [4.69, 9.17) is 48.1 Å². The van der Waals surface area contributed by atoms with E-state index in [-0.39, 0.29) is 5.91 Å². The van der Waals surface area contributed by atoms with Gasteiger partial charge in [0.25, 0.3) is 0 Å². The number of carbonyl (C=O) groups is 1. The second kappa shape index (κ2) is 16.7. The van der Waals surface area contributed by atoms with Crippen LogP contribution < -0.4 is 0 Å². The molecule has 1 heterocycles. The molecule has 0 unspecified atom stereocenters. The average Bonchev–Trinajstić information content (AvgIpc) is 2.82. The molecule has 0 spiro atoms. The van der Waals surface area contributed by atoms with Crippen molar-refractivity contribution in [3.63, 3.8) is 0 Å². The van der Waals surface area contributed by atoms with Crippen LogP contribution >= 0.6 is 11.8 Å². The van der Waals surface area contributed by atoms with E-state index >= 15 is 0 Å². The monoisotopic (exact) mass is 504 g/mol. The molecule has 13 heteroatoms. The van der Waals surface area contributed by atoms with E-state index in [1.54, 1.807) is 9.32 Å². The molecular weight excluding hydrogens is 468 g/mol. The normalized spacial score (nSPS) is 17.3. The second-order valence-corrected chi connectivity index (χ2v) is 8.39. The van der Waals surface area contributed by atoms with Crippen LogP contribution in [0.1, 0.15) is 34.6 Å². The van der Waals surface area contributed by atoms with Gasteiger partial charge in [-0.05, 0) is 46.4 Å². The first kappa shape index (κ1) is 31.1. The standard InChI is InChI=1S/C19H37ClN2O6.O3S/c1-6-24-9-10-26-13-14-28-16-15-27-12-11-25-8-7-21-17(23)18(2,3)22(20)19(21,4)5;1-4(2)3/h6-16H2,1-5H3;. The largest absolute Gasteiger partial charge is 0.425 e. The molecule has 1 aliphatic heterocycles. The molecule has 11 nitrogen and oxygen atoms in total. The van der Waals surface area contributed by atoms with Crippen LogP contribution in [0.3, 0.4) is 0 Å². The van der Waals surface area contributed by atoms with Crippen LogP contribution in [0.5, 0.6) is 0 Å². The lowest BCUT2D eigenvalue weighted by atomic mass is 10.1. The summed E-state index contributed by atoms with van der Waals surface area (Å²) >= 11 is 6.34. The van der Waals surface area contributed by atoms with Gasteiger partial charge in [0.1, 0.15) is 11.2 Å². The van der Waals surface area contributed by atoms with Gasteiger partial charge in [-0.25, -0.2) is 0 Å². The fourth-order valence-electron chi connectivity index (χ4n) is 3.01. The van der Waals surface area contributed by atoms with E-state index in [0.717, 1.165) is 0 Å². The van der Waals surface area contributed by atoms with Crippen molar-refractivity contribution in [2.75, 3.05) is 72.6 Å². The van der Waals surface area contributed by atoms with Crippen LogP contribution in [0.2, 0.25) is 0 Å². The summed E-state index contributed by atoms with van der Waals surface area (Å²) in [5, 5.41) is 0. The smallest absolute Gasteiger partial charge is 0.379 e. The Kier molecular flexibility index (Phi) is 16.3. The Balaban J connectivity index is 0.00000220. The molecule has 1 amide bonds. The predicted octanol–water partition coefficient (Wildman–Crippen LogP) is 0.898. The molecular formula is C19H37ClN2O9S. The Morgan fingerprint density at radius 3 is 1.41 bits per heavy atom. The summed E-state index contributed by atoms with van der Waals surface area (Å²) in [7, 11) is -3.11. The molecule has 0 aromatic heterocycles. The summed E-state index contributed by atoms with van der Waals surface area (Å²) in [6, 6.07) is 0. The minimum atomic E-state index is -3.11. The second-order valence-electron chi connectivity index (χ2n) is 7.64. The van der Waals surface area contributed by atoms with Crippen molar-refractivity contribution in [1.82, 2.24) is 9.32 Å². The van der Waals surface area contributed by atoms with Gasteiger partial charge in [0.05, 0.1) is 59.5 Å². The molecule has 0 aromatic carbocycles. The molecule has 0 atom stereocenters. The molecule has 1 rings (SSSR count). The fourth-order valence-corrected chi connectivity index (χ4v) is 3.17. The molecule has 1 fully saturated rings. The van der Waals surface area contributed by atoms with Gasteiger partial charge in [0.2, 0.25) is 5.91 Å². The van der Waals surface area contributed by atoms with E-state index in [2.05, 4.69) is 0 Å². The molecule has 0 radical (unpaired) electrons. The maximum Gasteiger partial charge on any atom is 0.425 e. The minimum absolute atomic E-state index is 0.00590. The molecule has 0 N–H and O–H groups in total. The quantitative estimate of drug-likeness (QED) is 0.221. The third-order valence-corrected chi connectivity index (χ3v) is 5.39. The number of hydrogen-bond acceptors (Lipinski definition) is 10. The van der Waals surface area contributed by atoms with Crippen molar-refractivity contribution in [1.29, 1.82) is 0 Å². The number of rotatable bonds is 16. The van der Waals surface area contributed by atoms with Crippen molar-refractivity contribution in [3.05, 3.63) is 0 Å². The zero-order valence-electron chi connectivity index (χ0n) is 19.6. The number of ether oxygens (including phenoxy) is 5. The van der Waals surface area contributed by atoms with E-state index in [0.29, 0.717) is 72.6 Å². The maximum atomic E-state index is 12.5. The first-order chi connectivity index (χ1) is 15.0. The van der Waals surface area contributed by atoms with Crippen molar-refractivity contribution < 1.29 is 41.1 Å². The predicted molar refractivity (Wildman–Crippen MR) is 117 cm³/mol. The van der Waals surface area contributed by atoms with Gasteiger partial charge in [-0.15, -0.1) is 12.6 Å². The number of halogens is 1. The topological polar surface area (TPSA) is 121 Å². The van der Waals surface area contributed by atoms with Gasteiger partial charge in [-0.2, -0.15) is 4.42 Å². The van der Waals surface area contributed by atoms with Crippen molar-refractivity contribution in [3.8, 4) is 0 Å². The van der Waals surface area contributed by atoms with Crippen molar-refractivity contribution in [2.24, 2.45) is 0 Å². The van der Waals surface area contributed by atoms with E-state index < -0.39 is 21.8 Å². The lowest BCUT2D eigenvalue weighted by Gasteiger charge is -2.35. The van der Waals surface area contributed by atoms with Gasteiger partial charge >= 0.3 is 10.6 Å². The van der Waals surface area contributed by atoms with Gasteiger partial charge in [0.15, 0.2) is 0 Å². The summed E-state index contributed by atoms with van der Waals surface area (Å²) in [5.74, 6) is 0.00590. The van der Waals surface area contributed by atoms with Gasteiger partial charge in [-0.1, -0.05) is 0 Å². The zero-order chi connectivity index (χ0) is 24.6. The molecule has 1 saturated heterocycles. The molecule has 32 heavy (non-hydrogen) atoms. The molecule has 0 aromatic rings. The van der Waals surface area contributed by atoms with Crippen LogP contribution in [-0.4, -0.2) is 112 Å². The Morgan fingerprint density at radius 2 is 1.09 bits per heavy atom. The van der Waals surface area contributed by atoms with Crippen LogP contribution in [0.25, 0.3) is 0 Å². The Morgan fingerprint density at radius 1 is 0.750 bits per heavy atom. The summed E-state index contributed by atoms with van der Waals surface area (Å²) in [5.41, 5.74) is -1.27. The Bertz CT molecular complexity index is 625. The van der Waals surface area contributed by atoms with Crippen LogP contribution in [0.4, 0.5) is 0 Å². The molecule has 0 aliphatic carbocycles. The van der Waals surface area contributed by atoms with Gasteiger partial charge in [0, 0.05) is 13.2 Å². The van der Waals surface area contributed by atoms with E-state index in [9.17, 15) is 4.79 Å². The lowest BCUT2D eigenvalue weighted by Crippen LogP contribution is -2.47. The molecule has 0 saturated carbocycles. The highest BCUT2D eigenvalue weighted by molar-refractivity contribution is 7.59. The third kappa shape index (κ3) is 11.8. The molecule has 190 valence electrons. The highest BCUT2D eigenvalue weighted by Gasteiger charge is 2.55. The highest BCUT2D eigenvalue weighted by atomic mass is 35.5. The Labute approximate surface area is 197 Å². The van der Waals surface area contributed by atoms with E-state index in [1.165, 1.54) is 0 Å². The fraction of sp³-hybridized carbons (Fsp3) is 0.947. The number of nitrogens with zero attached hydrogens (tertiary/aromatic N) is 2. The average molecular weight is 505 g/mol. The number of hydrogen-bond donors (Lipinski definition) is 0. The van der Waals surface area contributed by atoms with Crippen molar-refractivity contribution >= 4 is 28.3 Å². The summed E-state index contributed by atoms with van der Waals surface area (Å²) in [6.07, 6.45) is 0. The SMILES string of the molecule is CCOCCOCCOCCOCCOCCN1C(=O)C(C)(C)N(Cl)C1(C)C.O=S(=O)=O. The summed E-state index contributed by atoms with van der Waals surface area (Å²) in [4.78, 5) is 14.3. The lowest BCUT2D eigenvalue weighted by molar-refractivity contribution is -0.134. The zero-order valence-corrected chi connectivity index (χ0v) is 21.2. The van der Waals surface area contributed by atoms with Gasteiger partial charge in [-0.3, -0.25) is 4.79 Å². The summed E-state index contributed by atoms with van der Waals surface area (Å²) < 4.78 is 53.9. The molecule has 1 aliphatic rings. The van der Waals surface area contributed by atoms with Crippen LogP contribution in [-0.2, 0) is 39.1 Å². The number of carbonyl (C=O) groups excluding carboxylic acids is 1. The van der Waals surface area contributed by atoms with Crippen LogP contribution in [0, 0.1) is 0 Å².